The van der Waals surface area contributed by atoms with E-state index in [1.54, 1.807) is 23.8 Å². The van der Waals surface area contributed by atoms with Crippen LogP contribution in [-0.2, 0) is 13.1 Å². The molecule has 2 aromatic heterocycles. The second kappa shape index (κ2) is 6.69. The molecule has 0 amide bonds. The number of aromatic nitrogens is 2. The zero-order valence-electron chi connectivity index (χ0n) is 14.3. The van der Waals surface area contributed by atoms with Crippen LogP contribution < -0.4 is 10.3 Å². The summed E-state index contributed by atoms with van der Waals surface area (Å²) in [5.41, 5.74) is 2.74. The van der Waals surface area contributed by atoms with Gasteiger partial charge in [0.2, 0.25) is 0 Å². The van der Waals surface area contributed by atoms with Crippen molar-refractivity contribution in [2.75, 3.05) is 7.11 Å². The van der Waals surface area contributed by atoms with E-state index in [2.05, 4.69) is 22.0 Å². The molecule has 0 atom stereocenters. The first-order valence-electron chi connectivity index (χ1n) is 8.57. The highest BCUT2D eigenvalue weighted by Gasteiger charge is 2.29. The van der Waals surface area contributed by atoms with Gasteiger partial charge in [-0.1, -0.05) is 18.2 Å². The second-order valence-electron chi connectivity index (χ2n) is 6.50. The fourth-order valence-electron chi connectivity index (χ4n) is 3.11. The zero-order valence-corrected chi connectivity index (χ0v) is 14.3. The van der Waals surface area contributed by atoms with Crippen molar-refractivity contribution in [3.8, 4) is 5.75 Å². The molecule has 25 heavy (non-hydrogen) atoms. The molecule has 0 N–H and O–H groups in total. The third-order valence-corrected chi connectivity index (χ3v) is 4.60. The number of rotatable bonds is 6. The Morgan fingerprint density at radius 2 is 1.96 bits per heavy atom. The lowest BCUT2D eigenvalue weighted by atomic mass is 10.2. The van der Waals surface area contributed by atoms with Gasteiger partial charge in [-0.3, -0.25) is 14.1 Å². The molecule has 0 radical (unpaired) electrons. The molecule has 1 fully saturated rings. The monoisotopic (exact) mass is 335 g/mol. The lowest BCUT2D eigenvalue weighted by molar-refractivity contribution is 0.242. The average molecular weight is 335 g/mol. The number of hydrogen-bond donors (Lipinski definition) is 0. The van der Waals surface area contributed by atoms with Gasteiger partial charge in [0, 0.05) is 31.4 Å². The molecule has 5 nitrogen and oxygen atoms in total. The molecule has 4 rings (SSSR count). The van der Waals surface area contributed by atoms with Gasteiger partial charge in [-0.05, 0) is 42.7 Å². The Kier molecular flexibility index (Phi) is 4.24. The largest absolute Gasteiger partial charge is 0.497 e. The van der Waals surface area contributed by atoms with E-state index < -0.39 is 0 Å². The lowest BCUT2D eigenvalue weighted by Gasteiger charge is -2.22. The van der Waals surface area contributed by atoms with Crippen molar-refractivity contribution in [2.24, 2.45) is 0 Å². The summed E-state index contributed by atoms with van der Waals surface area (Å²) in [4.78, 5) is 19.3. The van der Waals surface area contributed by atoms with Crippen LogP contribution in [0.4, 0.5) is 0 Å². The molecular formula is C20H21N3O2. The number of hydrogen-bond acceptors (Lipinski definition) is 4. The number of methoxy groups -OCH3 is 1. The van der Waals surface area contributed by atoms with Crippen LogP contribution in [0.2, 0.25) is 0 Å². The zero-order chi connectivity index (χ0) is 17.2. The summed E-state index contributed by atoms with van der Waals surface area (Å²) in [7, 11) is 1.68. The minimum Gasteiger partial charge on any atom is -0.497 e. The summed E-state index contributed by atoms with van der Waals surface area (Å²) in [6.45, 7) is 1.54. The molecular weight excluding hydrogens is 314 g/mol. The summed E-state index contributed by atoms with van der Waals surface area (Å²) in [5.74, 6) is 0.867. The number of benzene rings is 1. The van der Waals surface area contributed by atoms with Gasteiger partial charge < -0.3 is 4.74 Å². The molecule has 1 aliphatic rings. The number of nitrogens with zero attached hydrogens (tertiary/aromatic N) is 3. The van der Waals surface area contributed by atoms with Crippen LogP contribution in [0.3, 0.4) is 0 Å². The quantitative estimate of drug-likeness (QED) is 0.695. The summed E-state index contributed by atoms with van der Waals surface area (Å²) < 4.78 is 6.80. The van der Waals surface area contributed by atoms with E-state index in [0.717, 1.165) is 18.0 Å². The molecule has 0 saturated heterocycles. The molecule has 0 spiro atoms. The van der Waals surface area contributed by atoms with Crippen molar-refractivity contribution in [3.63, 3.8) is 0 Å². The average Bonchev–Trinajstić information content (AvgIpc) is 3.47. The van der Waals surface area contributed by atoms with Gasteiger partial charge in [0.05, 0.1) is 12.8 Å². The smallest absolute Gasteiger partial charge is 0.258 e. The molecule has 0 bridgehead atoms. The highest BCUT2D eigenvalue weighted by atomic mass is 16.5. The van der Waals surface area contributed by atoms with Gasteiger partial charge >= 0.3 is 0 Å². The first-order chi connectivity index (χ1) is 12.2. The molecule has 128 valence electrons. The first-order valence-corrected chi connectivity index (χ1v) is 8.57. The van der Waals surface area contributed by atoms with Gasteiger partial charge in [0.15, 0.2) is 0 Å². The second-order valence-corrected chi connectivity index (χ2v) is 6.50. The fourth-order valence-corrected chi connectivity index (χ4v) is 3.11. The highest BCUT2D eigenvalue weighted by molar-refractivity contribution is 5.38. The van der Waals surface area contributed by atoms with Crippen LogP contribution in [0, 0.1) is 0 Å². The minimum absolute atomic E-state index is 0.0270. The van der Waals surface area contributed by atoms with Crippen molar-refractivity contribution >= 4 is 5.65 Å². The predicted molar refractivity (Wildman–Crippen MR) is 96.7 cm³/mol. The first kappa shape index (κ1) is 15.8. The van der Waals surface area contributed by atoms with Crippen molar-refractivity contribution in [2.45, 2.75) is 32.0 Å². The normalized spacial score (nSPS) is 14.2. The van der Waals surface area contributed by atoms with E-state index in [9.17, 15) is 4.79 Å². The summed E-state index contributed by atoms with van der Waals surface area (Å²) in [5, 5.41) is 0. The highest BCUT2D eigenvalue weighted by Crippen LogP contribution is 2.29. The summed E-state index contributed by atoms with van der Waals surface area (Å²) in [6, 6.07) is 16.0. The predicted octanol–water partition coefficient (Wildman–Crippen LogP) is 2.87. The van der Waals surface area contributed by atoms with Gasteiger partial charge in [0.1, 0.15) is 11.4 Å². The van der Waals surface area contributed by atoms with Crippen LogP contribution in [0.15, 0.2) is 59.5 Å². The van der Waals surface area contributed by atoms with Crippen molar-refractivity contribution in [3.05, 3.63) is 76.3 Å². The maximum Gasteiger partial charge on any atom is 0.258 e. The lowest BCUT2D eigenvalue weighted by Crippen LogP contribution is -2.27. The maximum absolute atomic E-state index is 12.3. The van der Waals surface area contributed by atoms with Gasteiger partial charge in [-0.15, -0.1) is 0 Å². The van der Waals surface area contributed by atoms with Crippen LogP contribution >= 0.6 is 0 Å². The molecule has 2 heterocycles. The Hall–Kier alpha value is -2.66. The topological polar surface area (TPSA) is 46.8 Å². The van der Waals surface area contributed by atoms with Gasteiger partial charge in [0.25, 0.3) is 5.56 Å². The Morgan fingerprint density at radius 1 is 1.16 bits per heavy atom. The van der Waals surface area contributed by atoms with E-state index in [-0.39, 0.29) is 5.56 Å². The fraction of sp³-hybridized carbons (Fsp3) is 0.300. The minimum atomic E-state index is -0.0270. The van der Waals surface area contributed by atoms with E-state index in [0.29, 0.717) is 18.2 Å². The van der Waals surface area contributed by atoms with Gasteiger partial charge in [-0.25, -0.2) is 4.98 Å². The van der Waals surface area contributed by atoms with Crippen molar-refractivity contribution in [1.29, 1.82) is 0 Å². The standard InChI is InChI=1S/C20H21N3O2/c1-25-18-9-5-15(6-10-18)13-22(17-7-8-17)14-16-12-20(24)23-11-3-2-4-19(23)21-16/h2-6,9-12,17H,7-8,13-14H2,1H3. The number of pyridine rings is 1. The van der Waals surface area contributed by atoms with E-state index in [4.69, 9.17) is 4.74 Å². The molecule has 1 aliphatic carbocycles. The molecule has 0 unspecified atom stereocenters. The Labute approximate surface area is 146 Å². The van der Waals surface area contributed by atoms with Crippen LogP contribution in [0.5, 0.6) is 5.75 Å². The molecule has 0 aliphatic heterocycles. The number of fused-ring (bicyclic) bond motifs is 1. The molecule has 1 saturated carbocycles. The van der Waals surface area contributed by atoms with Crippen LogP contribution in [-0.4, -0.2) is 27.4 Å². The summed E-state index contributed by atoms with van der Waals surface area (Å²) in [6.07, 6.45) is 4.18. The summed E-state index contributed by atoms with van der Waals surface area (Å²) >= 11 is 0. The van der Waals surface area contributed by atoms with Crippen LogP contribution in [0.25, 0.3) is 5.65 Å². The molecule has 1 aromatic carbocycles. The molecule has 3 aromatic rings. The van der Waals surface area contributed by atoms with Crippen molar-refractivity contribution < 1.29 is 4.74 Å². The third-order valence-electron chi connectivity index (χ3n) is 4.60. The maximum atomic E-state index is 12.3. The van der Waals surface area contributed by atoms with E-state index in [1.165, 1.54) is 18.4 Å². The Morgan fingerprint density at radius 3 is 2.68 bits per heavy atom. The SMILES string of the molecule is COc1ccc(CN(Cc2cc(=O)n3ccccc3n2)C2CC2)cc1. The third kappa shape index (κ3) is 3.56. The molecule has 5 heteroatoms. The van der Waals surface area contributed by atoms with Crippen LogP contribution in [0.1, 0.15) is 24.1 Å². The van der Waals surface area contributed by atoms with Gasteiger partial charge in [-0.2, -0.15) is 0 Å². The number of ether oxygens (including phenoxy) is 1. The Balaban J connectivity index is 1.56. The van der Waals surface area contributed by atoms with E-state index >= 15 is 0 Å². The van der Waals surface area contributed by atoms with E-state index in [1.807, 2.05) is 30.3 Å². The van der Waals surface area contributed by atoms with Crippen molar-refractivity contribution in [1.82, 2.24) is 14.3 Å². The Bertz CT molecular complexity index is 930.